The van der Waals surface area contributed by atoms with Crippen molar-refractivity contribution in [3.8, 4) is 0 Å². The molecule has 0 saturated carbocycles. The number of amides is 1. The standard InChI is InChI=1S/C22H24N4O/c1-16(2)26(15-18-9-5-4-6-10-18)22(27)20-13-24-21(14-23-20)25-19-11-7-8-17(3)12-19/h4-14,16H,15H2,1-3H3,(H,24,25). The summed E-state index contributed by atoms with van der Waals surface area (Å²) in [5.41, 5.74) is 3.53. The van der Waals surface area contributed by atoms with E-state index in [1.165, 1.54) is 6.20 Å². The SMILES string of the molecule is Cc1cccc(Nc2cnc(C(=O)N(Cc3ccccc3)C(C)C)cn2)c1. The highest BCUT2D eigenvalue weighted by molar-refractivity contribution is 5.92. The molecule has 1 amide bonds. The quantitative estimate of drug-likeness (QED) is 0.699. The van der Waals surface area contributed by atoms with Crippen molar-refractivity contribution in [1.29, 1.82) is 0 Å². The molecule has 5 nitrogen and oxygen atoms in total. The summed E-state index contributed by atoms with van der Waals surface area (Å²) in [5, 5.41) is 3.20. The lowest BCUT2D eigenvalue weighted by Crippen LogP contribution is -2.36. The monoisotopic (exact) mass is 360 g/mol. The van der Waals surface area contributed by atoms with Gasteiger partial charge in [0.05, 0.1) is 12.4 Å². The van der Waals surface area contributed by atoms with E-state index >= 15 is 0 Å². The number of aryl methyl sites for hydroxylation is 1. The third kappa shape index (κ3) is 4.91. The van der Waals surface area contributed by atoms with Crippen LogP contribution in [0, 0.1) is 6.92 Å². The molecule has 27 heavy (non-hydrogen) atoms. The number of hydrogen-bond acceptors (Lipinski definition) is 4. The Kier molecular flexibility index (Phi) is 5.81. The minimum Gasteiger partial charge on any atom is -0.339 e. The van der Waals surface area contributed by atoms with Crippen molar-refractivity contribution in [1.82, 2.24) is 14.9 Å². The number of carbonyl (C=O) groups is 1. The number of nitrogens with zero attached hydrogens (tertiary/aromatic N) is 3. The van der Waals surface area contributed by atoms with Gasteiger partial charge in [0.1, 0.15) is 11.5 Å². The van der Waals surface area contributed by atoms with Gasteiger partial charge in [-0.3, -0.25) is 4.79 Å². The van der Waals surface area contributed by atoms with Gasteiger partial charge in [0.15, 0.2) is 0 Å². The molecular weight excluding hydrogens is 336 g/mol. The van der Waals surface area contributed by atoms with Crippen LogP contribution in [0.4, 0.5) is 11.5 Å². The van der Waals surface area contributed by atoms with Crippen molar-refractivity contribution in [2.24, 2.45) is 0 Å². The molecule has 3 aromatic rings. The Morgan fingerprint density at radius 3 is 2.44 bits per heavy atom. The van der Waals surface area contributed by atoms with Crippen molar-refractivity contribution in [3.05, 3.63) is 83.8 Å². The maximum absolute atomic E-state index is 12.9. The molecule has 1 aromatic heterocycles. The predicted octanol–water partition coefficient (Wildman–Crippen LogP) is 4.58. The fraction of sp³-hybridized carbons (Fsp3) is 0.227. The molecule has 1 N–H and O–H groups in total. The number of benzene rings is 2. The topological polar surface area (TPSA) is 58.1 Å². The van der Waals surface area contributed by atoms with E-state index in [0.29, 0.717) is 18.1 Å². The first-order chi connectivity index (χ1) is 13.0. The third-order valence-electron chi connectivity index (χ3n) is 4.24. The van der Waals surface area contributed by atoms with E-state index in [2.05, 4.69) is 15.3 Å². The van der Waals surface area contributed by atoms with Crippen LogP contribution in [0.1, 0.15) is 35.5 Å². The first-order valence-corrected chi connectivity index (χ1v) is 9.03. The van der Waals surface area contributed by atoms with E-state index in [-0.39, 0.29) is 11.9 Å². The summed E-state index contributed by atoms with van der Waals surface area (Å²) >= 11 is 0. The molecule has 0 aliphatic rings. The molecule has 5 heteroatoms. The van der Waals surface area contributed by atoms with Crippen LogP contribution < -0.4 is 5.32 Å². The van der Waals surface area contributed by atoms with Crippen LogP contribution in [0.5, 0.6) is 0 Å². The Hall–Kier alpha value is -3.21. The van der Waals surface area contributed by atoms with E-state index in [1.807, 2.05) is 75.4 Å². The highest BCUT2D eigenvalue weighted by Crippen LogP contribution is 2.16. The zero-order valence-corrected chi connectivity index (χ0v) is 15.9. The van der Waals surface area contributed by atoms with Crippen molar-refractivity contribution in [2.75, 3.05) is 5.32 Å². The van der Waals surface area contributed by atoms with Crippen LogP contribution in [-0.4, -0.2) is 26.8 Å². The number of carbonyl (C=O) groups excluding carboxylic acids is 1. The predicted molar refractivity (Wildman–Crippen MR) is 108 cm³/mol. The minimum atomic E-state index is -0.122. The zero-order valence-electron chi connectivity index (χ0n) is 15.9. The van der Waals surface area contributed by atoms with E-state index in [0.717, 1.165) is 16.8 Å². The van der Waals surface area contributed by atoms with Crippen molar-refractivity contribution < 1.29 is 4.79 Å². The van der Waals surface area contributed by atoms with E-state index in [4.69, 9.17) is 0 Å². The number of anilines is 2. The van der Waals surface area contributed by atoms with Crippen LogP contribution in [-0.2, 0) is 6.54 Å². The number of nitrogens with one attached hydrogen (secondary N) is 1. The number of hydrogen-bond donors (Lipinski definition) is 1. The second kappa shape index (κ2) is 8.45. The molecule has 0 saturated heterocycles. The van der Waals surface area contributed by atoms with Crippen molar-refractivity contribution in [3.63, 3.8) is 0 Å². The second-order valence-electron chi connectivity index (χ2n) is 6.79. The van der Waals surface area contributed by atoms with Crippen LogP contribution in [0.3, 0.4) is 0 Å². The minimum absolute atomic E-state index is 0.0598. The molecule has 0 aliphatic carbocycles. The lowest BCUT2D eigenvalue weighted by Gasteiger charge is -2.26. The van der Waals surface area contributed by atoms with E-state index in [1.54, 1.807) is 11.1 Å². The maximum atomic E-state index is 12.9. The second-order valence-corrected chi connectivity index (χ2v) is 6.79. The van der Waals surface area contributed by atoms with Crippen LogP contribution in [0.25, 0.3) is 0 Å². The molecule has 138 valence electrons. The molecule has 0 spiro atoms. The summed E-state index contributed by atoms with van der Waals surface area (Å²) in [6, 6.07) is 18.0. The largest absolute Gasteiger partial charge is 0.339 e. The van der Waals surface area contributed by atoms with E-state index in [9.17, 15) is 4.79 Å². The Balaban J connectivity index is 1.73. The number of rotatable bonds is 6. The summed E-state index contributed by atoms with van der Waals surface area (Å²) in [6.45, 7) is 6.58. The van der Waals surface area contributed by atoms with Gasteiger partial charge in [-0.15, -0.1) is 0 Å². The van der Waals surface area contributed by atoms with Gasteiger partial charge in [0.2, 0.25) is 0 Å². The average Bonchev–Trinajstić information content (AvgIpc) is 2.67. The molecule has 0 unspecified atom stereocenters. The summed E-state index contributed by atoms with van der Waals surface area (Å²) < 4.78 is 0. The lowest BCUT2D eigenvalue weighted by atomic mass is 10.2. The molecular formula is C22H24N4O. The Morgan fingerprint density at radius 2 is 1.81 bits per heavy atom. The molecule has 2 aromatic carbocycles. The molecule has 0 aliphatic heterocycles. The van der Waals surface area contributed by atoms with Gasteiger partial charge in [-0.05, 0) is 44.0 Å². The van der Waals surface area contributed by atoms with Crippen LogP contribution in [0.15, 0.2) is 67.0 Å². The van der Waals surface area contributed by atoms with Gasteiger partial charge in [-0.25, -0.2) is 9.97 Å². The Bertz CT molecular complexity index is 892. The van der Waals surface area contributed by atoms with Crippen molar-refractivity contribution >= 4 is 17.4 Å². The van der Waals surface area contributed by atoms with Gasteiger partial charge in [0.25, 0.3) is 5.91 Å². The van der Waals surface area contributed by atoms with Gasteiger partial charge < -0.3 is 10.2 Å². The molecule has 0 radical (unpaired) electrons. The summed E-state index contributed by atoms with van der Waals surface area (Å²) in [6.07, 6.45) is 3.12. The third-order valence-corrected chi connectivity index (χ3v) is 4.24. The average molecular weight is 360 g/mol. The fourth-order valence-corrected chi connectivity index (χ4v) is 2.79. The maximum Gasteiger partial charge on any atom is 0.274 e. The molecule has 0 bridgehead atoms. The van der Waals surface area contributed by atoms with Crippen LogP contribution in [0.2, 0.25) is 0 Å². The Morgan fingerprint density at radius 1 is 1.04 bits per heavy atom. The normalized spacial score (nSPS) is 10.7. The zero-order chi connectivity index (χ0) is 19.2. The summed E-state index contributed by atoms with van der Waals surface area (Å²) in [7, 11) is 0. The summed E-state index contributed by atoms with van der Waals surface area (Å²) in [5.74, 6) is 0.486. The highest BCUT2D eigenvalue weighted by atomic mass is 16.2. The molecule has 1 heterocycles. The summed E-state index contributed by atoms with van der Waals surface area (Å²) in [4.78, 5) is 23.4. The van der Waals surface area contributed by atoms with Crippen LogP contribution >= 0.6 is 0 Å². The first kappa shape index (κ1) is 18.6. The van der Waals surface area contributed by atoms with Gasteiger partial charge >= 0.3 is 0 Å². The van der Waals surface area contributed by atoms with Crippen molar-refractivity contribution in [2.45, 2.75) is 33.4 Å². The Labute approximate surface area is 160 Å². The smallest absolute Gasteiger partial charge is 0.274 e. The van der Waals surface area contributed by atoms with E-state index < -0.39 is 0 Å². The molecule has 3 rings (SSSR count). The molecule has 0 atom stereocenters. The van der Waals surface area contributed by atoms with Gasteiger partial charge in [-0.2, -0.15) is 0 Å². The lowest BCUT2D eigenvalue weighted by molar-refractivity contribution is 0.0684. The first-order valence-electron chi connectivity index (χ1n) is 9.03. The highest BCUT2D eigenvalue weighted by Gasteiger charge is 2.20. The fourth-order valence-electron chi connectivity index (χ4n) is 2.79. The number of aromatic nitrogens is 2. The molecule has 0 fully saturated rings. The van der Waals surface area contributed by atoms with Gasteiger partial charge in [0, 0.05) is 18.3 Å². The van der Waals surface area contributed by atoms with Gasteiger partial charge in [-0.1, -0.05) is 42.5 Å².